The molecule has 2 rings (SSSR count). The summed E-state index contributed by atoms with van der Waals surface area (Å²) in [7, 11) is 1.21. The fourth-order valence-electron chi connectivity index (χ4n) is 2.62. The number of halogens is 1. The summed E-state index contributed by atoms with van der Waals surface area (Å²) in [5.74, 6) is 0. The Kier molecular flexibility index (Phi) is 6.92. The van der Waals surface area contributed by atoms with Crippen LogP contribution in [0.4, 0.5) is 4.79 Å². The summed E-state index contributed by atoms with van der Waals surface area (Å²) < 4.78 is 9.98. The van der Waals surface area contributed by atoms with Crippen molar-refractivity contribution in [1.29, 1.82) is 5.26 Å². The van der Waals surface area contributed by atoms with Crippen molar-refractivity contribution in [3.8, 4) is 6.26 Å². The zero-order valence-corrected chi connectivity index (χ0v) is 16.8. The molecule has 0 saturated heterocycles. The van der Waals surface area contributed by atoms with E-state index in [4.69, 9.17) is 26.3 Å². The van der Waals surface area contributed by atoms with Crippen molar-refractivity contribution in [2.75, 3.05) is 13.1 Å². The molecule has 1 aliphatic rings. The van der Waals surface area contributed by atoms with Crippen molar-refractivity contribution in [2.45, 2.75) is 39.7 Å². The number of nitrogens with one attached hydrogen (secondary N) is 1. The van der Waals surface area contributed by atoms with Crippen LogP contribution in [-0.4, -0.2) is 42.5 Å². The summed E-state index contributed by atoms with van der Waals surface area (Å²) in [5.41, 5.74) is 3.07. The third-order valence-corrected chi connectivity index (χ3v) is 4.35. The Morgan fingerprint density at radius 2 is 2.15 bits per heavy atom. The van der Waals surface area contributed by atoms with Gasteiger partial charge in [0, 0.05) is 0 Å². The van der Waals surface area contributed by atoms with Crippen LogP contribution < -0.4 is 5.32 Å². The number of benzene rings is 1. The summed E-state index contributed by atoms with van der Waals surface area (Å²) in [5, 5.41) is 12.1. The Hall–Kier alpha value is -2.46. The van der Waals surface area contributed by atoms with E-state index in [0.29, 0.717) is 18.8 Å². The topological polar surface area (TPSA) is 74.6 Å². The standard InChI is InChI=1S/C19H23BClN3O3/c1-13-5-6-15(11-16(13)21)14-7-9-24(10-8-14)17(20-26-12-22)23-18(25)27-19(2,3)4/h5-7,11H,8-10H2,1-4H3,(H,23,25). The molecular weight excluding hydrogens is 364 g/mol. The second-order valence-corrected chi connectivity index (χ2v) is 7.64. The Morgan fingerprint density at radius 1 is 1.41 bits per heavy atom. The normalized spacial score (nSPS) is 14.6. The van der Waals surface area contributed by atoms with E-state index in [1.54, 1.807) is 27.0 Å². The molecule has 0 fully saturated rings. The second kappa shape index (κ2) is 8.96. The number of nitriles is 1. The molecular formula is C19H23BClN3O3. The Labute approximate surface area is 165 Å². The molecule has 0 aliphatic carbocycles. The summed E-state index contributed by atoms with van der Waals surface area (Å²) >= 11 is 6.22. The first-order valence-electron chi connectivity index (χ1n) is 8.65. The predicted octanol–water partition coefficient (Wildman–Crippen LogP) is 3.47. The molecule has 0 spiro atoms. The number of hydrogen-bond acceptors (Lipinski definition) is 5. The van der Waals surface area contributed by atoms with E-state index in [-0.39, 0.29) is 0 Å². The summed E-state index contributed by atoms with van der Waals surface area (Å²) in [6.45, 7) is 8.52. The number of rotatable bonds is 4. The number of hydrogen-bond donors (Lipinski definition) is 1. The molecule has 1 aliphatic heterocycles. The number of alkyl carbamates (subject to hydrolysis) is 1. The molecule has 1 amide bonds. The van der Waals surface area contributed by atoms with Crippen molar-refractivity contribution in [3.63, 3.8) is 0 Å². The average Bonchev–Trinajstić information content (AvgIpc) is 2.59. The maximum absolute atomic E-state index is 12.1. The number of amides is 1. The summed E-state index contributed by atoms with van der Waals surface area (Å²) in [6, 6.07) is 6.02. The van der Waals surface area contributed by atoms with E-state index < -0.39 is 11.7 Å². The van der Waals surface area contributed by atoms with Crippen molar-refractivity contribution >= 4 is 36.1 Å². The number of ether oxygens (including phenoxy) is 1. The molecule has 0 radical (unpaired) electrons. The molecule has 1 aromatic rings. The van der Waals surface area contributed by atoms with Crippen LogP contribution in [0.1, 0.15) is 38.3 Å². The van der Waals surface area contributed by atoms with Crippen LogP contribution in [0.25, 0.3) is 5.57 Å². The van der Waals surface area contributed by atoms with Crippen LogP contribution in [0.5, 0.6) is 0 Å². The van der Waals surface area contributed by atoms with Gasteiger partial charge in [-0.05, 0) is 0 Å². The Bertz CT molecular complexity index is 809. The molecule has 27 heavy (non-hydrogen) atoms. The second-order valence-electron chi connectivity index (χ2n) is 7.23. The van der Waals surface area contributed by atoms with Crippen LogP contribution in [0.2, 0.25) is 5.02 Å². The molecule has 0 saturated carbocycles. The van der Waals surface area contributed by atoms with Crippen molar-refractivity contribution in [2.24, 2.45) is 0 Å². The number of nitrogens with zero attached hydrogens (tertiary/aromatic N) is 2. The number of aryl methyl sites for hydroxylation is 1. The first-order chi connectivity index (χ1) is 12.7. The zero-order valence-electron chi connectivity index (χ0n) is 16.0. The van der Waals surface area contributed by atoms with Gasteiger partial charge in [-0.25, -0.2) is 0 Å². The van der Waals surface area contributed by atoms with Crippen LogP contribution in [0.3, 0.4) is 0 Å². The molecule has 0 aromatic heterocycles. The maximum atomic E-state index is 12.1. The fraction of sp³-hybridized carbons (Fsp3) is 0.421. The van der Waals surface area contributed by atoms with Gasteiger partial charge in [-0.1, -0.05) is 0 Å². The molecule has 0 bridgehead atoms. The first kappa shape index (κ1) is 20.9. The number of carbonyl (C=O) groups excluding carboxylic acids is 1. The van der Waals surface area contributed by atoms with Gasteiger partial charge in [0.05, 0.1) is 0 Å². The third kappa shape index (κ3) is 6.33. The molecule has 6 nitrogen and oxygen atoms in total. The quantitative estimate of drug-likeness (QED) is 0.632. The van der Waals surface area contributed by atoms with Gasteiger partial charge in [0.25, 0.3) is 0 Å². The molecule has 0 atom stereocenters. The molecule has 1 N–H and O–H groups in total. The van der Waals surface area contributed by atoms with Gasteiger partial charge >= 0.3 is 165 Å². The zero-order chi connectivity index (χ0) is 20.0. The van der Waals surface area contributed by atoms with Gasteiger partial charge in [-0.3, -0.25) is 0 Å². The van der Waals surface area contributed by atoms with E-state index in [2.05, 4.69) is 17.5 Å². The molecule has 0 unspecified atom stereocenters. The van der Waals surface area contributed by atoms with Gasteiger partial charge in [0.15, 0.2) is 0 Å². The number of carbonyl (C=O) groups is 1. The van der Waals surface area contributed by atoms with Crippen molar-refractivity contribution in [1.82, 2.24) is 10.2 Å². The van der Waals surface area contributed by atoms with E-state index in [9.17, 15) is 4.79 Å². The first-order valence-corrected chi connectivity index (χ1v) is 9.03. The minimum absolute atomic E-state index is 0.378. The minimum atomic E-state index is -0.620. The monoisotopic (exact) mass is 387 g/mol. The van der Waals surface area contributed by atoms with E-state index in [1.807, 2.05) is 24.0 Å². The summed E-state index contributed by atoms with van der Waals surface area (Å²) in [6.07, 6.45) is 3.81. The van der Waals surface area contributed by atoms with Crippen molar-refractivity contribution < 1.29 is 14.2 Å². The molecule has 142 valence electrons. The van der Waals surface area contributed by atoms with E-state index in [0.717, 1.165) is 22.6 Å². The van der Waals surface area contributed by atoms with Crippen LogP contribution >= 0.6 is 11.6 Å². The van der Waals surface area contributed by atoms with Gasteiger partial charge < -0.3 is 0 Å². The Balaban J connectivity index is 2.10. The van der Waals surface area contributed by atoms with Crippen LogP contribution in [0.15, 0.2) is 24.3 Å². The fourth-order valence-corrected chi connectivity index (χ4v) is 2.80. The third-order valence-electron chi connectivity index (χ3n) is 3.94. The van der Waals surface area contributed by atoms with Gasteiger partial charge in [-0.2, -0.15) is 0 Å². The molecule has 1 aromatic carbocycles. The van der Waals surface area contributed by atoms with E-state index >= 15 is 0 Å². The van der Waals surface area contributed by atoms with Crippen LogP contribution in [-0.2, 0) is 9.39 Å². The van der Waals surface area contributed by atoms with Gasteiger partial charge in [-0.15, -0.1) is 0 Å². The summed E-state index contributed by atoms with van der Waals surface area (Å²) in [4.78, 5) is 14.0. The SMILES string of the molecule is Cc1ccc(C2=CCN(C(=BOC#N)NC(=O)OC(C)(C)C)CC2)cc1Cl. The molecule has 1 heterocycles. The average molecular weight is 388 g/mol. The molecule has 8 heteroatoms. The predicted molar refractivity (Wildman–Crippen MR) is 107 cm³/mol. The Morgan fingerprint density at radius 3 is 2.70 bits per heavy atom. The van der Waals surface area contributed by atoms with E-state index in [1.165, 1.54) is 12.7 Å². The van der Waals surface area contributed by atoms with Crippen LogP contribution in [0, 0.1) is 18.4 Å². The van der Waals surface area contributed by atoms with Gasteiger partial charge in [0.2, 0.25) is 0 Å². The van der Waals surface area contributed by atoms with Gasteiger partial charge in [0.1, 0.15) is 0 Å². The van der Waals surface area contributed by atoms with Crippen molar-refractivity contribution in [3.05, 3.63) is 40.4 Å².